The number of aryl methyl sites for hydroxylation is 1. The van der Waals surface area contributed by atoms with Crippen LogP contribution in [0, 0.1) is 5.92 Å². The topological polar surface area (TPSA) is 99.2 Å². The molecule has 0 unspecified atom stereocenters. The van der Waals surface area contributed by atoms with E-state index >= 15 is 0 Å². The fraction of sp³-hybridized carbons (Fsp3) is 0.643. The average molecular weight is 296 g/mol. The summed E-state index contributed by atoms with van der Waals surface area (Å²) >= 11 is 0. The van der Waals surface area contributed by atoms with Gasteiger partial charge in [-0.3, -0.25) is 4.79 Å². The smallest absolute Gasteiger partial charge is 0.328 e. The summed E-state index contributed by atoms with van der Waals surface area (Å²) in [4.78, 5) is 27.9. The standard InChI is InChI=1S/C14H24N4O3/c1-9(2)5-11(15)13(19)17-12(14(20)21-4)6-10-7-16-8-18(10)3/h7-9,11-12H,5-6,15H2,1-4H3,(H,17,19)/t11-,12-/m0/s1. The summed E-state index contributed by atoms with van der Waals surface area (Å²) in [6.45, 7) is 3.97. The largest absolute Gasteiger partial charge is 0.467 e. The highest BCUT2D eigenvalue weighted by molar-refractivity contribution is 5.87. The van der Waals surface area contributed by atoms with E-state index in [1.54, 1.807) is 17.1 Å². The molecule has 1 aromatic rings. The minimum atomic E-state index is -0.767. The van der Waals surface area contributed by atoms with Gasteiger partial charge in [-0.05, 0) is 12.3 Å². The van der Waals surface area contributed by atoms with Crippen LogP contribution >= 0.6 is 0 Å². The van der Waals surface area contributed by atoms with Crippen LogP contribution in [0.2, 0.25) is 0 Å². The average Bonchev–Trinajstić information content (AvgIpc) is 2.81. The molecule has 0 radical (unpaired) electrons. The Balaban J connectivity index is 2.73. The van der Waals surface area contributed by atoms with Gasteiger partial charge in [0.2, 0.25) is 5.91 Å². The van der Waals surface area contributed by atoms with Gasteiger partial charge in [-0.25, -0.2) is 9.78 Å². The molecule has 1 rings (SSSR count). The number of carbonyl (C=O) groups is 2. The quantitative estimate of drug-likeness (QED) is 0.690. The monoisotopic (exact) mass is 296 g/mol. The van der Waals surface area contributed by atoms with Gasteiger partial charge in [0.25, 0.3) is 0 Å². The molecule has 2 atom stereocenters. The van der Waals surface area contributed by atoms with E-state index in [9.17, 15) is 9.59 Å². The second-order valence-electron chi connectivity index (χ2n) is 5.52. The van der Waals surface area contributed by atoms with Crippen molar-refractivity contribution >= 4 is 11.9 Å². The van der Waals surface area contributed by atoms with Crippen LogP contribution in [0.4, 0.5) is 0 Å². The lowest BCUT2D eigenvalue weighted by Crippen LogP contribution is -2.50. The number of hydrogen-bond donors (Lipinski definition) is 2. The summed E-state index contributed by atoms with van der Waals surface area (Å²) in [6, 6.07) is -1.40. The van der Waals surface area contributed by atoms with Gasteiger partial charge in [0.05, 0.1) is 19.5 Å². The molecular weight excluding hydrogens is 272 g/mol. The van der Waals surface area contributed by atoms with Gasteiger partial charge < -0.3 is 20.4 Å². The van der Waals surface area contributed by atoms with Crippen molar-refractivity contribution in [2.75, 3.05) is 7.11 Å². The molecule has 0 fully saturated rings. The molecule has 118 valence electrons. The zero-order valence-electron chi connectivity index (χ0n) is 13.0. The third kappa shape index (κ3) is 5.18. The van der Waals surface area contributed by atoms with Crippen molar-refractivity contribution in [3.8, 4) is 0 Å². The number of rotatable bonds is 7. The Kier molecular flexibility index (Phi) is 6.36. The molecule has 0 spiro atoms. The minimum Gasteiger partial charge on any atom is -0.467 e. The van der Waals surface area contributed by atoms with Crippen LogP contribution in [0.1, 0.15) is 26.0 Å². The second kappa shape index (κ2) is 7.78. The van der Waals surface area contributed by atoms with Crippen molar-refractivity contribution in [3.63, 3.8) is 0 Å². The first-order valence-corrected chi connectivity index (χ1v) is 6.94. The number of imidazole rings is 1. The Morgan fingerprint density at radius 3 is 2.62 bits per heavy atom. The SMILES string of the molecule is COC(=O)[C@H](Cc1cncn1C)NC(=O)[C@@H](N)CC(C)C. The summed E-state index contributed by atoms with van der Waals surface area (Å²) in [5, 5.41) is 2.66. The Morgan fingerprint density at radius 1 is 1.48 bits per heavy atom. The Morgan fingerprint density at radius 2 is 2.14 bits per heavy atom. The van der Waals surface area contributed by atoms with Gasteiger partial charge >= 0.3 is 5.97 Å². The number of nitrogens with zero attached hydrogens (tertiary/aromatic N) is 2. The lowest BCUT2D eigenvalue weighted by molar-refractivity contribution is -0.145. The molecule has 0 saturated heterocycles. The first-order chi connectivity index (χ1) is 9.85. The molecule has 0 aliphatic carbocycles. The highest BCUT2D eigenvalue weighted by Gasteiger charge is 2.25. The van der Waals surface area contributed by atoms with Crippen molar-refractivity contribution in [1.82, 2.24) is 14.9 Å². The number of hydrogen-bond acceptors (Lipinski definition) is 5. The van der Waals surface area contributed by atoms with Crippen molar-refractivity contribution in [2.24, 2.45) is 18.7 Å². The fourth-order valence-corrected chi connectivity index (χ4v) is 2.02. The van der Waals surface area contributed by atoms with Gasteiger partial charge in [-0.2, -0.15) is 0 Å². The number of amides is 1. The predicted octanol–water partition coefficient (Wildman–Crippen LogP) is -0.00620. The Bertz CT molecular complexity index is 484. The highest BCUT2D eigenvalue weighted by Crippen LogP contribution is 2.06. The maximum absolute atomic E-state index is 12.1. The van der Waals surface area contributed by atoms with Crippen LogP contribution in [0.15, 0.2) is 12.5 Å². The molecule has 0 aliphatic heterocycles. The molecule has 1 heterocycles. The first kappa shape index (κ1) is 17.2. The number of nitrogens with two attached hydrogens (primary N) is 1. The Hall–Kier alpha value is -1.89. The molecule has 0 saturated carbocycles. The van der Waals surface area contributed by atoms with E-state index in [1.165, 1.54) is 7.11 Å². The fourth-order valence-electron chi connectivity index (χ4n) is 2.02. The number of esters is 1. The third-order valence-electron chi connectivity index (χ3n) is 3.19. The van der Waals surface area contributed by atoms with Crippen LogP contribution < -0.4 is 11.1 Å². The van der Waals surface area contributed by atoms with Crippen LogP contribution in [-0.4, -0.2) is 40.6 Å². The molecule has 0 aliphatic rings. The highest BCUT2D eigenvalue weighted by atomic mass is 16.5. The van der Waals surface area contributed by atoms with Gasteiger partial charge in [0.1, 0.15) is 6.04 Å². The van der Waals surface area contributed by atoms with Crippen molar-refractivity contribution in [2.45, 2.75) is 38.8 Å². The zero-order valence-corrected chi connectivity index (χ0v) is 13.0. The van der Waals surface area contributed by atoms with Crippen LogP contribution in [0.25, 0.3) is 0 Å². The molecule has 7 heteroatoms. The summed E-state index contributed by atoms with van der Waals surface area (Å²) in [5.74, 6) is -0.540. The number of nitrogens with one attached hydrogen (secondary N) is 1. The summed E-state index contributed by atoms with van der Waals surface area (Å²) < 4.78 is 6.53. The first-order valence-electron chi connectivity index (χ1n) is 6.94. The van der Waals surface area contributed by atoms with Crippen molar-refractivity contribution in [3.05, 3.63) is 18.2 Å². The predicted molar refractivity (Wildman–Crippen MR) is 78.3 cm³/mol. The van der Waals surface area contributed by atoms with Crippen molar-refractivity contribution in [1.29, 1.82) is 0 Å². The Labute approximate surface area is 124 Å². The zero-order chi connectivity index (χ0) is 16.0. The molecule has 7 nitrogen and oxygen atoms in total. The van der Waals surface area contributed by atoms with E-state index in [0.717, 1.165) is 5.69 Å². The molecule has 21 heavy (non-hydrogen) atoms. The van der Waals surface area contributed by atoms with Gasteiger partial charge in [0, 0.05) is 25.4 Å². The molecule has 1 aromatic heterocycles. The van der Waals surface area contributed by atoms with Crippen LogP contribution in [0.3, 0.4) is 0 Å². The second-order valence-corrected chi connectivity index (χ2v) is 5.52. The van der Waals surface area contributed by atoms with Gasteiger partial charge in [0.15, 0.2) is 0 Å². The number of methoxy groups -OCH3 is 1. The van der Waals surface area contributed by atoms with Crippen LogP contribution in [-0.2, 0) is 27.8 Å². The van der Waals surface area contributed by atoms with E-state index in [1.807, 2.05) is 20.9 Å². The minimum absolute atomic E-state index is 0.305. The molecule has 3 N–H and O–H groups in total. The maximum Gasteiger partial charge on any atom is 0.328 e. The summed E-state index contributed by atoms with van der Waals surface area (Å²) in [5.41, 5.74) is 6.65. The number of aromatic nitrogens is 2. The van der Waals surface area contributed by atoms with E-state index in [0.29, 0.717) is 18.8 Å². The molecule has 0 bridgehead atoms. The third-order valence-corrected chi connectivity index (χ3v) is 3.19. The molecular formula is C14H24N4O3. The van der Waals surface area contributed by atoms with E-state index in [2.05, 4.69) is 10.3 Å². The van der Waals surface area contributed by atoms with E-state index in [-0.39, 0.29) is 5.91 Å². The summed E-state index contributed by atoms with van der Waals surface area (Å²) in [6.07, 6.45) is 4.15. The van der Waals surface area contributed by atoms with E-state index in [4.69, 9.17) is 10.5 Å². The number of carbonyl (C=O) groups excluding carboxylic acids is 2. The van der Waals surface area contributed by atoms with Gasteiger partial charge in [-0.15, -0.1) is 0 Å². The normalized spacial score (nSPS) is 13.8. The number of ether oxygens (including phenoxy) is 1. The lowest BCUT2D eigenvalue weighted by Gasteiger charge is -2.20. The summed E-state index contributed by atoms with van der Waals surface area (Å²) in [7, 11) is 3.11. The molecule has 1 amide bonds. The van der Waals surface area contributed by atoms with Crippen LogP contribution in [0.5, 0.6) is 0 Å². The van der Waals surface area contributed by atoms with Crippen molar-refractivity contribution < 1.29 is 14.3 Å². The van der Waals surface area contributed by atoms with Gasteiger partial charge in [-0.1, -0.05) is 13.8 Å². The molecule has 0 aromatic carbocycles. The van der Waals surface area contributed by atoms with E-state index < -0.39 is 18.1 Å². The maximum atomic E-state index is 12.1. The lowest BCUT2D eigenvalue weighted by atomic mass is 10.0.